The molecule has 2 fully saturated rings. The zero-order valence-corrected chi connectivity index (χ0v) is 14.0. The molecule has 0 bridgehead atoms. The number of hydrogen-bond donors (Lipinski definition) is 1. The standard InChI is InChI=1S/C16H24N2O3S/c1-13(2)14-3-5-15(6-4-14)22(19,20)18-10-7-16(8-11-18)17-9-12-21-16/h3-6,13,17H,7-12H2,1-2H3. The highest BCUT2D eigenvalue weighted by Crippen LogP contribution is 2.30. The number of ether oxygens (including phenoxy) is 1. The summed E-state index contributed by atoms with van der Waals surface area (Å²) in [4.78, 5) is 0.383. The van der Waals surface area contributed by atoms with Crippen molar-refractivity contribution in [2.45, 2.75) is 43.2 Å². The lowest BCUT2D eigenvalue weighted by Crippen LogP contribution is -2.52. The molecule has 0 aliphatic carbocycles. The van der Waals surface area contributed by atoms with Crippen molar-refractivity contribution < 1.29 is 13.2 Å². The van der Waals surface area contributed by atoms with Crippen LogP contribution in [0.1, 0.15) is 38.2 Å². The van der Waals surface area contributed by atoms with Crippen LogP contribution in [0.5, 0.6) is 0 Å². The monoisotopic (exact) mass is 324 g/mol. The first kappa shape index (κ1) is 15.9. The van der Waals surface area contributed by atoms with E-state index in [4.69, 9.17) is 4.74 Å². The summed E-state index contributed by atoms with van der Waals surface area (Å²) in [5.41, 5.74) is 0.855. The molecule has 3 rings (SSSR count). The Balaban J connectivity index is 1.73. The minimum absolute atomic E-state index is 0.298. The fraction of sp³-hybridized carbons (Fsp3) is 0.625. The maximum absolute atomic E-state index is 12.7. The fourth-order valence-corrected chi connectivity index (χ4v) is 4.60. The lowest BCUT2D eigenvalue weighted by atomic mass is 10.0. The molecule has 0 radical (unpaired) electrons. The summed E-state index contributed by atoms with van der Waals surface area (Å²) in [6.07, 6.45) is 1.41. The van der Waals surface area contributed by atoms with Crippen LogP contribution in [0.25, 0.3) is 0 Å². The Morgan fingerprint density at radius 1 is 1.18 bits per heavy atom. The first-order valence-corrected chi connectivity index (χ1v) is 9.36. The van der Waals surface area contributed by atoms with Crippen molar-refractivity contribution in [3.63, 3.8) is 0 Å². The van der Waals surface area contributed by atoms with Crippen LogP contribution in [0.2, 0.25) is 0 Å². The highest BCUT2D eigenvalue weighted by atomic mass is 32.2. The van der Waals surface area contributed by atoms with E-state index in [0.717, 1.165) is 12.1 Å². The average molecular weight is 324 g/mol. The van der Waals surface area contributed by atoms with Crippen LogP contribution in [-0.2, 0) is 14.8 Å². The van der Waals surface area contributed by atoms with Crippen molar-refractivity contribution in [1.29, 1.82) is 0 Å². The average Bonchev–Trinajstić information content (AvgIpc) is 2.96. The second kappa shape index (κ2) is 5.92. The molecule has 5 nitrogen and oxygen atoms in total. The second-order valence-electron chi connectivity index (χ2n) is 6.40. The molecule has 2 heterocycles. The van der Waals surface area contributed by atoms with Crippen LogP contribution in [0.15, 0.2) is 29.2 Å². The van der Waals surface area contributed by atoms with E-state index in [-0.39, 0.29) is 5.72 Å². The normalized spacial score (nSPS) is 22.5. The van der Waals surface area contributed by atoms with Crippen LogP contribution in [-0.4, -0.2) is 44.7 Å². The van der Waals surface area contributed by atoms with Gasteiger partial charge in [-0.3, -0.25) is 5.32 Å². The van der Waals surface area contributed by atoms with Gasteiger partial charge in [-0.2, -0.15) is 4.31 Å². The van der Waals surface area contributed by atoms with Gasteiger partial charge in [-0.05, 0) is 23.6 Å². The molecule has 2 aliphatic rings. The van der Waals surface area contributed by atoms with Crippen molar-refractivity contribution in [2.75, 3.05) is 26.2 Å². The van der Waals surface area contributed by atoms with Gasteiger partial charge in [-0.15, -0.1) is 0 Å². The fourth-order valence-electron chi connectivity index (χ4n) is 3.16. The van der Waals surface area contributed by atoms with E-state index in [9.17, 15) is 8.42 Å². The maximum Gasteiger partial charge on any atom is 0.243 e. The molecule has 22 heavy (non-hydrogen) atoms. The Morgan fingerprint density at radius 2 is 1.82 bits per heavy atom. The van der Waals surface area contributed by atoms with Crippen LogP contribution in [0.4, 0.5) is 0 Å². The van der Waals surface area contributed by atoms with E-state index in [2.05, 4.69) is 19.2 Å². The summed E-state index contributed by atoms with van der Waals surface area (Å²) in [6.45, 7) is 6.76. The molecule has 0 amide bonds. The van der Waals surface area contributed by atoms with Gasteiger partial charge in [0.05, 0.1) is 11.5 Å². The van der Waals surface area contributed by atoms with Gasteiger partial charge in [-0.1, -0.05) is 26.0 Å². The summed E-state index contributed by atoms with van der Waals surface area (Å²) in [6, 6.07) is 7.26. The minimum atomic E-state index is -3.40. The predicted molar refractivity (Wildman–Crippen MR) is 85.2 cm³/mol. The van der Waals surface area contributed by atoms with Gasteiger partial charge < -0.3 is 4.74 Å². The predicted octanol–water partition coefficient (Wildman–Crippen LogP) is 1.91. The highest BCUT2D eigenvalue weighted by molar-refractivity contribution is 7.89. The Labute approximate surface area is 132 Å². The third-order valence-corrected chi connectivity index (χ3v) is 6.56. The van der Waals surface area contributed by atoms with Gasteiger partial charge in [-0.25, -0.2) is 8.42 Å². The first-order valence-electron chi connectivity index (χ1n) is 7.92. The van der Waals surface area contributed by atoms with E-state index in [0.29, 0.717) is 43.4 Å². The number of sulfonamides is 1. The largest absolute Gasteiger partial charge is 0.359 e. The van der Waals surface area contributed by atoms with Crippen molar-refractivity contribution >= 4 is 10.0 Å². The summed E-state index contributed by atoms with van der Waals surface area (Å²) < 4.78 is 32.8. The second-order valence-corrected chi connectivity index (χ2v) is 8.34. The molecule has 1 N–H and O–H groups in total. The van der Waals surface area contributed by atoms with Crippen molar-refractivity contribution in [1.82, 2.24) is 9.62 Å². The molecule has 1 aromatic carbocycles. The molecule has 0 aromatic heterocycles. The van der Waals surface area contributed by atoms with Crippen molar-refractivity contribution in [3.05, 3.63) is 29.8 Å². The van der Waals surface area contributed by atoms with Crippen LogP contribution in [0, 0.1) is 0 Å². The van der Waals surface area contributed by atoms with E-state index in [1.165, 1.54) is 0 Å². The Kier molecular flexibility index (Phi) is 4.29. The van der Waals surface area contributed by atoms with Crippen molar-refractivity contribution in [2.24, 2.45) is 0 Å². The van der Waals surface area contributed by atoms with Gasteiger partial charge in [0.25, 0.3) is 0 Å². The van der Waals surface area contributed by atoms with Gasteiger partial charge in [0.2, 0.25) is 10.0 Å². The Bertz CT molecular complexity index is 609. The molecule has 6 heteroatoms. The lowest BCUT2D eigenvalue weighted by molar-refractivity contribution is -0.0445. The summed E-state index contributed by atoms with van der Waals surface area (Å²) in [7, 11) is -3.40. The number of benzene rings is 1. The maximum atomic E-state index is 12.7. The van der Waals surface area contributed by atoms with Gasteiger partial charge >= 0.3 is 0 Å². The van der Waals surface area contributed by atoms with Crippen LogP contribution < -0.4 is 5.32 Å². The Morgan fingerprint density at radius 3 is 2.32 bits per heavy atom. The van der Waals surface area contributed by atoms with Crippen LogP contribution >= 0.6 is 0 Å². The third kappa shape index (κ3) is 2.93. The van der Waals surface area contributed by atoms with E-state index in [1.54, 1.807) is 16.4 Å². The zero-order valence-electron chi connectivity index (χ0n) is 13.2. The topological polar surface area (TPSA) is 58.6 Å². The molecule has 0 atom stereocenters. The number of nitrogens with zero attached hydrogens (tertiary/aromatic N) is 1. The smallest absolute Gasteiger partial charge is 0.243 e. The van der Waals surface area contributed by atoms with Crippen molar-refractivity contribution in [3.8, 4) is 0 Å². The molecule has 2 saturated heterocycles. The summed E-state index contributed by atoms with van der Waals surface area (Å²) in [5, 5.41) is 3.36. The lowest BCUT2D eigenvalue weighted by Gasteiger charge is -2.37. The van der Waals surface area contributed by atoms with Gasteiger partial charge in [0, 0.05) is 32.5 Å². The number of nitrogens with one attached hydrogen (secondary N) is 1. The van der Waals surface area contributed by atoms with Crippen LogP contribution in [0.3, 0.4) is 0 Å². The Hall–Kier alpha value is -0.950. The quantitative estimate of drug-likeness (QED) is 0.923. The summed E-state index contributed by atoms with van der Waals surface area (Å²) in [5.74, 6) is 0.400. The molecule has 0 saturated carbocycles. The minimum Gasteiger partial charge on any atom is -0.359 e. The molecule has 1 spiro atoms. The van der Waals surface area contributed by atoms with Gasteiger partial charge in [0.1, 0.15) is 5.72 Å². The number of piperidine rings is 1. The molecule has 2 aliphatic heterocycles. The zero-order chi connectivity index (χ0) is 15.8. The van der Waals surface area contributed by atoms with E-state index in [1.807, 2.05) is 12.1 Å². The molecule has 122 valence electrons. The summed E-state index contributed by atoms with van der Waals surface area (Å²) >= 11 is 0. The van der Waals surface area contributed by atoms with E-state index < -0.39 is 10.0 Å². The molecule has 1 aromatic rings. The van der Waals surface area contributed by atoms with Gasteiger partial charge in [0.15, 0.2) is 0 Å². The third-order valence-electron chi connectivity index (χ3n) is 4.64. The highest BCUT2D eigenvalue weighted by Gasteiger charge is 2.41. The first-order chi connectivity index (χ1) is 10.4. The number of rotatable bonds is 3. The SMILES string of the molecule is CC(C)c1ccc(S(=O)(=O)N2CCC3(CC2)NCCO3)cc1. The number of hydrogen-bond acceptors (Lipinski definition) is 4. The molecule has 0 unspecified atom stereocenters. The molecular weight excluding hydrogens is 300 g/mol. The van der Waals surface area contributed by atoms with E-state index >= 15 is 0 Å². The molecular formula is C16H24N2O3S.